The number of rotatable bonds is 2. The van der Waals surface area contributed by atoms with E-state index in [9.17, 15) is 18.0 Å². The van der Waals surface area contributed by atoms with Gasteiger partial charge in [-0.15, -0.1) is 0 Å². The summed E-state index contributed by atoms with van der Waals surface area (Å²) in [5, 5.41) is 0. The molecule has 2 atom stereocenters. The highest BCUT2D eigenvalue weighted by molar-refractivity contribution is 5.81. The summed E-state index contributed by atoms with van der Waals surface area (Å²) in [5.74, 6) is -0.587. The Balaban J connectivity index is 1.93. The van der Waals surface area contributed by atoms with E-state index in [2.05, 4.69) is 18.8 Å². The van der Waals surface area contributed by atoms with Crippen LogP contribution < -0.4 is 0 Å². The van der Waals surface area contributed by atoms with Crippen molar-refractivity contribution < 1.29 is 18.0 Å². The minimum absolute atomic E-state index is 0.248. The van der Waals surface area contributed by atoms with Crippen LogP contribution in [-0.4, -0.2) is 33.4 Å². The quantitative estimate of drug-likeness (QED) is 0.839. The number of amides is 1. The van der Waals surface area contributed by atoms with Gasteiger partial charge in [-0.3, -0.25) is 4.79 Å². The number of hydrogen-bond donors (Lipinski definition) is 0. The standard InChI is InChI=1S/C17H20F3N3O/c1-11-7-12(2)9-22(8-11)15(24)10-23-14-6-4-3-5-13(14)21-16(23)17(18,19)20/h3-6,11-12H,7-10H2,1-2H3. The van der Waals surface area contributed by atoms with Gasteiger partial charge in [0.1, 0.15) is 6.54 Å². The Morgan fingerprint density at radius 2 is 1.83 bits per heavy atom. The van der Waals surface area contributed by atoms with Gasteiger partial charge in [-0.25, -0.2) is 4.98 Å². The van der Waals surface area contributed by atoms with Crippen molar-refractivity contribution in [3.63, 3.8) is 0 Å². The van der Waals surface area contributed by atoms with E-state index >= 15 is 0 Å². The Labute approximate surface area is 138 Å². The molecule has 3 rings (SSSR count). The first-order chi connectivity index (χ1) is 11.3. The number of carbonyl (C=O) groups excluding carboxylic acids is 1. The Morgan fingerprint density at radius 3 is 2.46 bits per heavy atom. The van der Waals surface area contributed by atoms with E-state index in [-0.39, 0.29) is 18.0 Å². The van der Waals surface area contributed by atoms with Crippen LogP contribution in [0.5, 0.6) is 0 Å². The van der Waals surface area contributed by atoms with E-state index in [1.165, 1.54) is 6.07 Å². The second-order valence-corrected chi connectivity index (χ2v) is 6.75. The number of fused-ring (bicyclic) bond motifs is 1. The largest absolute Gasteiger partial charge is 0.449 e. The fourth-order valence-electron chi connectivity index (χ4n) is 3.55. The molecule has 1 aromatic carbocycles. The van der Waals surface area contributed by atoms with Gasteiger partial charge in [0.15, 0.2) is 0 Å². The number of aromatic nitrogens is 2. The average Bonchev–Trinajstić information content (AvgIpc) is 2.85. The molecule has 1 aliphatic rings. The molecule has 1 amide bonds. The minimum Gasteiger partial charge on any atom is -0.341 e. The van der Waals surface area contributed by atoms with Gasteiger partial charge in [0, 0.05) is 13.1 Å². The SMILES string of the molecule is CC1CC(C)CN(C(=O)Cn2c(C(F)(F)F)nc3ccccc32)C1. The van der Waals surface area contributed by atoms with E-state index in [0.717, 1.165) is 11.0 Å². The lowest BCUT2D eigenvalue weighted by Crippen LogP contribution is -2.44. The van der Waals surface area contributed by atoms with Gasteiger partial charge < -0.3 is 9.47 Å². The summed E-state index contributed by atoms with van der Waals surface area (Å²) in [6.07, 6.45) is -3.56. The number of nitrogens with zero attached hydrogens (tertiary/aromatic N) is 3. The van der Waals surface area contributed by atoms with Crippen LogP contribution in [-0.2, 0) is 17.5 Å². The third-order valence-corrected chi connectivity index (χ3v) is 4.42. The molecule has 0 bridgehead atoms. The molecule has 130 valence electrons. The fraction of sp³-hybridized carbons (Fsp3) is 0.529. The highest BCUT2D eigenvalue weighted by Crippen LogP contribution is 2.31. The van der Waals surface area contributed by atoms with Gasteiger partial charge in [0.2, 0.25) is 11.7 Å². The topological polar surface area (TPSA) is 38.1 Å². The lowest BCUT2D eigenvalue weighted by atomic mass is 9.92. The number of piperidine rings is 1. The van der Waals surface area contributed by atoms with Crippen LogP contribution in [0.1, 0.15) is 26.1 Å². The minimum atomic E-state index is -4.60. The number of carbonyl (C=O) groups is 1. The molecular weight excluding hydrogens is 319 g/mol. The smallest absolute Gasteiger partial charge is 0.341 e. The van der Waals surface area contributed by atoms with Crippen molar-refractivity contribution in [1.82, 2.24) is 14.5 Å². The van der Waals surface area contributed by atoms with Crippen LogP contribution >= 0.6 is 0 Å². The third-order valence-electron chi connectivity index (χ3n) is 4.42. The van der Waals surface area contributed by atoms with Crippen LogP contribution in [0.3, 0.4) is 0 Å². The number of alkyl halides is 3. The molecule has 2 heterocycles. The summed E-state index contributed by atoms with van der Waals surface area (Å²) in [6.45, 7) is 4.97. The predicted octanol–water partition coefficient (Wildman–Crippen LogP) is 3.56. The Hall–Kier alpha value is -2.05. The van der Waals surface area contributed by atoms with Gasteiger partial charge in [-0.1, -0.05) is 26.0 Å². The van der Waals surface area contributed by atoms with Crippen molar-refractivity contribution in [2.75, 3.05) is 13.1 Å². The maximum absolute atomic E-state index is 13.3. The summed E-state index contributed by atoms with van der Waals surface area (Å²) in [7, 11) is 0. The highest BCUT2D eigenvalue weighted by atomic mass is 19.4. The van der Waals surface area contributed by atoms with Crippen LogP contribution in [0.25, 0.3) is 11.0 Å². The molecule has 1 aromatic heterocycles. The van der Waals surface area contributed by atoms with Crippen molar-refractivity contribution >= 4 is 16.9 Å². The maximum Gasteiger partial charge on any atom is 0.449 e. The van der Waals surface area contributed by atoms with E-state index < -0.39 is 12.0 Å². The zero-order chi connectivity index (χ0) is 17.5. The Kier molecular flexibility index (Phi) is 4.27. The predicted molar refractivity (Wildman–Crippen MR) is 84.3 cm³/mol. The molecule has 0 aliphatic carbocycles. The van der Waals surface area contributed by atoms with Crippen LogP contribution in [0.2, 0.25) is 0 Å². The molecule has 0 radical (unpaired) electrons. The molecular formula is C17H20F3N3O. The van der Waals surface area contributed by atoms with E-state index in [1.54, 1.807) is 23.1 Å². The van der Waals surface area contributed by atoms with Crippen LogP contribution in [0.15, 0.2) is 24.3 Å². The van der Waals surface area contributed by atoms with Gasteiger partial charge in [-0.05, 0) is 30.4 Å². The summed E-state index contributed by atoms with van der Waals surface area (Å²) >= 11 is 0. The van der Waals surface area contributed by atoms with E-state index in [4.69, 9.17) is 0 Å². The lowest BCUT2D eigenvalue weighted by Gasteiger charge is -2.35. The van der Waals surface area contributed by atoms with Crippen molar-refractivity contribution in [1.29, 1.82) is 0 Å². The van der Waals surface area contributed by atoms with Gasteiger partial charge in [-0.2, -0.15) is 13.2 Å². The summed E-state index contributed by atoms with van der Waals surface area (Å²) in [4.78, 5) is 17.9. The third kappa shape index (κ3) is 3.25. The first-order valence-corrected chi connectivity index (χ1v) is 8.06. The molecule has 1 fully saturated rings. The van der Waals surface area contributed by atoms with Crippen LogP contribution in [0, 0.1) is 11.8 Å². The van der Waals surface area contributed by atoms with Gasteiger partial charge >= 0.3 is 6.18 Å². The zero-order valence-electron chi connectivity index (χ0n) is 13.7. The van der Waals surface area contributed by atoms with Gasteiger partial charge in [0.25, 0.3) is 0 Å². The lowest BCUT2D eigenvalue weighted by molar-refractivity contribution is -0.148. The average molecular weight is 339 g/mol. The van der Waals surface area contributed by atoms with Crippen molar-refractivity contribution in [2.24, 2.45) is 11.8 Å². The van der Waals surface area contributed by atoms with Crippen molar-refractivity contribution in [3.8, 4) is 0 Å². The Morgan fingerprint density at radius 1 is 1.21 bits per heavy atom. The molecule has 1 saturated heterocycles. The number of likely N-dealkylation sites (tertiary alicyclic amines) is 1. The molecule has 7 heteroatoms. The number of para-hydroxylation sites is 2. The number of benzene rings is 1. The summed E-state index contributed by atoms with van der Waals surface area (Å²) < 4.78 is 40.9. The molecule has 0 saturated carbocycles. The second-order valence-electron chi connectivity index (χ2n) is 6.75. The van der Waals surface area contributed by atoms with E-state index in [0.29, 0.717) is 30.4 Å². The maximum atomic E-state index is 13.3. The Bertz CT molecular complexity index is 743. The van der Waals surface area contributed by atoms with Crippen molar-refractivity contribution in [2.45, 2.75) is 33.0 Å². The molecule has 4 nitrogen and oxygen atoms in total. The molecule has 1 aliphatic heterocycles. The zero-order valence-corrected chi connectivity index (χ0v) is 13.7. The monoisotopic (exact) mass is 339 g/mol. The first kappa shape index (κ1) is 16.8. The van der Waals surface area contributed by atoms with Gasteiger partial charge in [0.05, 0.1) is 11.0 Å². The number of imidazole rings is 1. The van der Waals surface area contributed by atoms with Crippen LogP contribution in [0.4, 0.5) is 13.2 Å². The molecule has 2 unspecified atom stereocenters. The van der Waals surface area contributed by atoms with Crippen molar-refractivity contribution in [3.05, 3.63) is 30.1 Å². The summed E-state index contributed by atoms with van der Waals surface area (Å²) in [6, 6.07) is 6.37. The molecule has 24 heavy (non-hydrogen) atoms. The molecule has 2 aromatic rings. The molecule has 0 spiro atoms. The fourth-order valence-corrected chi connectivity index (χ4v) is 3.55. The van der Waals surface area contributed by atoms with E-state index in [1.807, 2.05) is 0 Å². The second kappa shape index (κ2) is 6.11. The summed E-state index contributed by atoms with van der Waals surface area (Å²) in [5.41, 5.74) is 0.578. The number of hydrogen-bond acceptors (Lipinski definition) is 2. The highest BCUT2D eigenvalue weighted by Gasteiger charge is 2.38. The molecule has 0 N–H and O–H groups in total. The normalized spacial score (nSPS) is 22.1. The number of halogens is 3. The first-order valence-electron chi connectivity index (χ1n) is 8.06.